The van der Waals surface area contributed by atoms with E-state index in [1.807, 2.05) is 53.7 Å². The summed E-state index contributed by atoms with van der Waals surface area (Å²) in [7, 11) is 2.82. The zero-order valence-corrected chi connectivity index (χ0v) is 32.9. The van der Waals surface area contributed by atoms with E-state index >= 15 is 0 Å². The fourth-order valence-corrected chi connectivity index (χ4v) is 7.28. The molecule has 0 bridgehead atoms. The molecule has 1 saturated heterocycles. The number of esters is 2. The van der Waals surface area contributed by atoms with Crippen LogP contribution in [0, 0.1) is 35.5 Å². The largest absolute Gasteiger partial charge is 0.490 e. The Hall–Kier alpha value is -3.03. The molecule has 0 saturated carbocycles. The number of ether oxygens (including phenoxy) is 5. The van der Waals surface area contributed by atoms with Crippen molar-refractivity contribution in [3.05, 3.63) is 47.3 Å². The van der Waals surface area contributed by atoms with Gasteiger partial charge in [-0.05, 0) is 44.6 Å². The van der Waals surface area contributed by atoms with Crippen molar-refractivity contribution in [1.82, 2.24) is 0 Å². The number of carboxylic acid groups (broad SMARTS) is 1. The lowest BCUT2D eigenvalue weighted by Crippen LogP contribution is -2.59. The highest BCUT2D eigenvalue weighted by Gasteiger charge is 2.53. The number of allylic oxidation sites excluding steroid dienone is 5. The van der Waals surface area contributed by atoms with Gasteiger partial charge in [-0.15, -0.1) is 0 Å². The average molecular weight is 737 g/mol. The third-order valence-corrected chi connectivity index (χ3v) is 10.5. The normalized spacial score (nSPS) is 36.4. The lowest BCUT2D eigenvalue weighted by molar-refractivity contribution is -0.329. The van der Waals surface area contributed by atoms with Gasteiger partial charge in [0, 0.05) is 50.0 Å². The Morgan fingerprint density at radius 3 is 2.29 bits per heavy atom. The van der Waals surface area contributed by atoms with E-state index in [4.69, 9.17) is 28.8 Å². The minimum absolute atomic E-state index is 0.0405. The molecule has 296 valence electrons. The molecule has 2 rings (SSSR count). The predicted molar refractivity (Wildman–Crippen MR) is 196 cm³/mol. The fourth-order valence-electron chi connectivity index (χ4n) is 7.28. The minimum atomic E-state index is -1.95. The first kappa shape index (κ1) is 45.1. The molecule has 2 aliphatic rings. The van der Waals surface area contributed by atoms with Gasteiger partial charge in [-0.2, -0.15) is 0 Å². The van der Waals surface area contributed by atoms with E-state index in [1.54, 1.807) is 39.0 Å². The van der Waals surface area contributed by atoms with Crippen molar-refractivity contribution in [2.24, 2.45) is 35.5 Å². The summed E-state index contributed by atoms with van der Waals surface area (Å²) in [4.78, 5) is 37.3. The first-order chi connectivity index (χ1) is 24.3. The summed E-state index contributed by atoms with van der Waals surface area (Å²) < 4.78 is 29.4. The Morgan fingerprint density at radius 2 is 1.71 bits per heavy atom. The van der Waals surface area contributed by atoms with Crippen molar-refractivity contribution in [3.63, 3.8) is 0 Å². The number of aliphatic hydroxyl groups is 3. The molecule has 2 heterocycles. The molecule has 4 N–H and O–H groups in total. The monoisotopic (exact) mass is 736 g/mol. The van der Waals surface area contributed by atoms with E-state index in [2.05, 4.69) is 0 Å². The molecule has 12 heteroatoms. The predicted octanol–water partition coefficient (Wildman–Crippen LogP) is 5.50. The Balaban J connectivity index is 2.51. The molecule has 0 aliphatic carbocycles. The van der Waals surface area contributed by atoms with Crippen molar-refractivity contribution in [2.75, 3.05) is 14.2 Å². The van der Waals surface area contributed by atoms with Crippen molar-refractivity contribution in [1.29, 1.82) is 0 Å². The standard InChI is InChI=1S/C40H64O12/c1-22(2)37-27(7)32(50-34(43)17-13-16-33(41)42)21-40(47,52-37)29(9)36(45)28(8)38-30(48-10)15-12-14-23(3)18-25(5)35(44)26(6)19-24(4)20-31(49-11)39(46)51-38/h12,14-15,19-20,22,25-30,32,35-38,44-45,47H,13,16-18,21H2,1-11H3,(H,41,42)/b15-12+,23-14+,24-19+,31-20-/t25-,26-,27+,28+,29+,30+,32-,35+,36-,37-,38?,40-/m1/s1. The Labute approximate surface area is 309 Å². The molecule has 0 aromatic rings. The average Bonchev–Trinajstić information content (AvgIpc) is 3.07. The molecular formula is C40H64O12. The molecule has 1 unspecified atom stereocenters. The summed E-state index contributed by atoms with van der Waals surface area (Å²) in [6.07, 6.45) is 4.09. The maximum absolute atomic E-state index is 13.7. The molecule has 0 amide bonds. The van der Waals surface area contributed by atoms with Gasteiger partial charge in [0.2, 0.25) is 5.76 Å². The van der Waals surface area contributed by atoms with Crippen LogP contribution in [0.3, 0.4) is 0 Å². The number of carboxylic acids is 1. The fraction of sp³-hybridized carbons (Fsp3) is 0.725. The van der Waals surface area contributed by atoms with Gasteiger partial charge in [0.1, 0.15) is 18.3 Å². The van der Waals surface area contributed by atoms with E-state index in [-0.39, 0.29) is 55.1 Å². The number of methoxy groups -OCH3 is 2. The molecule has 0 radical (unpaired) electrons. The lowest BCUT2D eigenvalue weighted by Gasteiger charge is -2.50. The van der Waals surface area contributed by atoms with Crippen molar-refractivity contribution in [3.8, 4) is 0 Å². The summed E-state index contributed by atoms with van der Waals surface area (Å²) in [5.74, 6) is -6.83. The van der Waals surface area contributed by atoms with Crippen LogP contribution in [0.25, 0.3) is 0 Å². The third-order valence-electron chi connectivity index (χ3n) is 10.5. The van der Waals surface area contributed by atoms with Gasteiger partial charge in [-0.25, -0.2) is 4.79 Å². The second-order valence-electron chi connectivity index (χ2n) is 15.3. The number of cyclic esters (lactones) is 1. The summed E-state index contributed by atoms with van der Waals surface area (Å²) in [5.41, 5.74) is 1.72. The number of carbonyl (C=O) groups excluding carboxylic acids is 2. The van der Waals surface area contributed by atoms with E-state index < -0.39 is 72.2 Å². The van der Waals surface area contributed by atoms with E-state index in [0.717, 1.165) is 5.57 Å². The SMILES string of the molecule is CO/C1=C\C(C)=C\[C@@H](C)[C@@H](O)[C@H](C)C/C(C)=C/C=C/[C@H](OC)C([C@@H](C)[C@@H](O)[C@H](C)[C@@]2(O)C[C@@H](OC(=O)CCCC(=O)O)[C@H](C)[C@@H](C(C)C)O2)OC1=O. The molecule has 0 aromatic carbocycles. The van der Waals surface area contributed by atoms with Crippen molar-refractivity contribution >= 4 is 17.9 Å². The molecule has 52 heavy (non-hydrogen) atoms. The maximum Gasteiger partial charge on any atom is 0.373 e. The number of aliphatic carboxylic acids is 1. The van der Waals surface area contributed by atoms with Gasteiger partial charge in [-0.1, -0.05) is 83.9 Å². The van der Waals surface area contributed by atoms with Crippen LogP contribution in [0.1, 0.15) is 94.4 Å². The summed E-state index contributed by atoms with van der Waals surface area (Å²) in [6.45, 7) is 16.7. The molecule has 12 nitrogen and oxygen atoms in total. The van der Waals surface area contributed by atoms with Crippen LogP contribution in [0.15, 0.2) is 47.3 Å². The highest BCUT2D eigenvalue weighted by molar-refractivity contribution is 5.87. The van der Waals surface area contributed by atoms with Gasteiger partial charge in [-0.3, -0.25) is 9.59 Å². The quantitative estimate of drug-likeness (QED) is 0.185. The van der Waals surface area contributed by atoms with Crippen molar-refractivity contribution in [2.45, 2.75) is 137 Å². The van der Waals surface area contributed by atoms with Crippen LogP contribution in [0.2, 0.25) is 0 Å². The maximum atomic E-state index is 13.7. The number of aliphatic hydroxyl groups excluding tert-OH is 2. The molecule has 1 fully saturated rings. The molecule has 0 spiro atoms. The molecule has 0 aromatic heterocycles. The minimum Gasteiger partial charge on any atom is -0.490 e. The van der Waals surface area contributed by atoms with Gasteiger partial charge in [0.15, 0.2) is 5.79 Å². The topological polar surface area (TPSA) is 178 Å². The Morgan fingerprint density at radius 1 is 1.06 bits per heavy atom. The highest BCUT2D eigenvalue weighted by Crippen LogP contribution is 2.42. The zero-order valence-electron chi connectivity index (χ0n) is 32.9. The van der Waals surface area contributed by atoms with Gasteiger partial charge in [0.25, 0.3) is 0 Å². The van der Waals surface area contributed by atoms with Crippen LogP contribution in [-0.4, -0.2) is 95.0 Å². The lowest BCUT2D eigenvalue weighted by atomic mass is 9.76. The number of hydrogen-bond acceptors (Lipinski definition) is 11. The van der Waals surface area contributed by atoms with Crippen LogP contribution in [0.4, 0.5) is 0 Å². The number of carbonyl (C=O) groups is 3. The second-order valence-corrected chi connectivity index (χ2v) is 15.3. The summed E-state index contributed by atoms with van der Waals surface area (Å²) in [6, 6.07) is 0. The first-order valence-corrected chi connectivity index (χ1v) is 18.5. The summed E-state index contributed by atoms with van der Waals surface area (Å²) >= 11 is 0. The van der Waals surface area contributed by atoms with E-state index in [9.17, 15) is 29.7 Å². The number of hydrogen-bond donors (Lipinski definition) is 4. The van der Waals surface area contributed by atoms with E-state index in [0.29, 0.717) is 12.0 Å². The summed E-state index contributed by atoms with van der Waals surface area (Å²) in [5, 5.41) is 44.0. The third kappa shape index (κ3) is 12.5. The van der Waals surface area contributed by atoms with Gasteiger partial charge in [0.05, 0.1) is 25.4 Å². The van der Waals surface area contributed by atoms with Crippen LogP contribution < -0.4 is 0 Å². The number of rotatable bonds is 12. The van der Waals surface area contributed by atoms with Gasteiger partial charge < -0.3 is 44.1 Å². The molecule has 12 atom stereocenters. The van der Waals surface area contributed by atoms with E-state index in [1.165, 1.54) is 14.2 Å². The zero-order chi connectivity index (χ0) is 39.5. The Kier molecular flexibility index (Phi) is 17.7. The second kappa shape index (κ2) is 20.4. The van der Waals surface area contributed by atoms with Crippen LogP contribution in [-0.2, 0) is 38.1 Å². The Bertz CT molecular complexity index is 1320. The first-order valence-electron chi connectivity index (χ1n) is 18.5. The van der Waals surface area contributed by atoms with Crippen LogP contribution >= 0.6 is 0 Å². The smallest absolute Gasteiger partial charge is 0.373 e. The highest BCUT2D eigenvalue weighted by atomic mass is 16.6. The van der Waals surface area contributed by atoms with Gasteiger partial charge >= 0.3 is 17.9 Å². The van der Waals surface area contributed by atoms with Crippen molar-refractivity contribution < 1.29 is 58.5 Å². The van der Waals surface area contributed by atoms with Crippen LogP contribution in [0.5, 0.6) is 0 Å². The molecular weight excluding hydrogens is 672 g/mol. The molecule has 2 aliphatic heterocycles.